The molecule has 0 aromatic rings. The maximum Gasteiger partial charge on any atom is -0.0317 e. The van der Waals surface area contributed by atoms with Gasteiger partial charge in [-0.2, -0.15) is 0 Å². The van der Waals surface area contributed by atoms with Crippen LogP contribution in [0.2, 0.25) is 0 Å². The minimum Gasteiger partial charge on any atom is -0.0988 e. The van der Waals surface area contributed by atoms with Crippen molar-refractivity contribution in [3.63, 3.8) is 0 Å². The molecule has 0 heteroatoms. The number of rotatable bonds is 2. The predicted molar refractivity (Wildman–Crippen MR) is 55.1 cm³/mol. The topological polar surface area (TPSA) is 0 Å². The van der Waals surface area contributed by atoms with Gasteiger partial charge in [0.05, 0.1) is 0 Å². The Morgan fingerprint density at radius 2 is 1.92 bits per heavy atom. The molecule has 1 aliphatic rings. The highest BCUT2D eigenvalue weighted by atomic mass is 14.1. The van der Waals surface area contributed by atoms with E-state index in [1.165, 1.54) is 37.7 Å². The van der Waals surface area contributed by atoms with Crippen molar-refractivity contribution < 1.29 is 0 Å². The van der Waals surface area contributed by atoms with Crippen LogP contribution in [0.15, 0.2) is 36.0 Å². The standard InChI is InChI=1S/C12H18/c1-3-11(2)9-10-12-7-5-4-6-8-12/h3,9-10H,1,4-8H2,2H3. The van der Waals surface area contributed by atoms with Gasteiger partial charge in [0.2, 0.25) is 0 Å². The van der Waals surface area contributed by atoms with Crippen molar-refractivity contribution in [2.45, 2.75) is 39.0 Å². The first-order valence-corrected chi connectivity index (χ1v) is 4.81. The Hall–Kier alpha value is -0.780. The predicted octanol–water partition coefficient (Wildman–Crippen LogP) is 4.01. The highest BCUT2D eigenvalue weighted by Gasteiger charge is 2.02. The third kappa shape index (κ3) is 3.08. The van der Waals surface area contributed by atoms with Crippen LogP contribution in [0.25, 0.3) is 0 Å². The van der Waals surface area contributed by atoms with E-state index in [4.69, 9.17) is 0 Å². The maximum atomic E-state index is 3.73. The highest BCUT2D eigenvalue weighted by Crippen LogP contribution is 2.22. The molecule has 0 N–H and O–H groups in total. The summed E-state index contributed by atoms with van der Waals surface area (Å²) in [5, 5.41) is 0. The summed E-state index contributed by atoms with van der Waals surface area (Å²) in [5.74, 6) is 0. The quantitative estimate of drug-likeness (QED) is 0.538. The Kier molecular flexibility index (Phi) is 3.86. The molecule has 1 saturated carbocycles. The Balaban J connectivity index is 2.49. The van der Waals surface area contributed by atoms with Gasteiger partial charge in [0.1, 0.15) is 0 Å². The summed E-state index contributed by atoms with van der Waals surface area (Å²) in [6, 6.07) is 0. The van der Waals surface area contributed by atoms with E-state index in [0.717, 1.165) is 0 Å². The van der Waals surface area contributed by atoms with Gasteiger partial charge in [-0.3, -0.25) is 0 Å². The van der Waals surface area contributed by atoms with Gasteiger partial charge in [0.25, 0.3) is 0 Å². The highest BCUT2D eigenvalue weighted by molar-refractivity contribution is 5.23. The van der Waals surface area contributed by atoms with Crippen LogP contribution in [-0.2, 0) is 0 Å². The minimum absolute atomic E-state index is 1.26. The summed E-state index contributed by atoms with van der Waals surface area (Å²) < 4.78 is 0. The zero-order valence-corrected chi connectivity index (χ0v) is 7.97. The van der Waals surface area contributed by atoms with Crippen molar-refractivity contribution in [1.82, 2.24) is 0 Å². The number of allylic oxidation sites excluding steroid dienone is 5. The number of hydrogen-bond acceptors (Lipinski definition) is 0. The van der Waals surface area contributed by atoms with E-state index in [1.807, 2.05) is 6.08 Å². The summed E-state index contributed by atoms with van der Waals surface area (Å²) in [4.78, 5) is 0. The average Bonchev–Trinajstić information content (AvgIpc) is 2.16. The van der Waals surface area contributed by atoms with Gasteiger partial charge >= 0.3 is 0 Å². The van der Waals surface area contributed by atoms with Crippen molar-refractivity contribution in [3.05, 3.63) is 36.0 Å². The van der Waals surface area contributed by atoms with Crippen LogP contribution < -0.4 is 0 Å². The monoisotopic (exact) mass is 162 g/mol. The molecule has 66 valence electrons. The number of hydrogen-bond donors (Lipinski definition) is 0. The summed E-state index contributed by atoms with van der Waals surface area (Å²) in [6.07, 6.45) is 13.1. The van der Waals surface area contributed by atoms with Gasteiger partial charge in [-0.05, 0) is 32.6 Å². The third-order valence-electron chi connectivity index (χ3n) is 2.40. The summed E-state index contributed by atoms with van der Waals surface area (Å²) >= 11 is 0. The molecule has 0 nitrogen and oxygen atoms in total. The summed E-state index contributed by atoms with van der Waals surface area (Å²) in [6.45, 7) is 5.82. The van der Waals surface area contributed by atoms with E-state index in [2.05, 4.69) is 25.7 Å². The minimum atomic E-state index is 1.26. The van der Waals surface area contributed by atoms with E-state index >= 15 is 0 Å². The Morgan fingerprint density at radius 3 is 2.50 bits per heavy atom. The van der Waals surface area contributed by atoms with Gasteiger partial charge < -0.3 is 0 Å². The molecule has 0 aliphatic heterocycles. The molecule has 0 amide bonds. The first-order valence-electron chi connectivity index (χ1n) is 4.81. The zero-order chi connectivity index (χ0) is 8.81. The van der Waals surface area contributed by atoms with Gasteiger partial charge in [0.15, 0.2) is 0 Å². The third-order valence-corrected chi connectivity index (χ3v) is 2.40. The molecular formula is C12H18. The smallest absolute Gasteiger partial charge is 0.0317 e. The van der Waals surface area contributed by atoms with Gasteiger partial charge in [-0.15, -0.1) is 0 Å². The molecule has 0 radical (unpaired) electrons. The van der Waals surface area contributed by atoms with Crippen molar-refractivity contribution >= 4 is 0 Å². The fourth-order valence-electron chi connectivity index (χ4n) is 1.49. The molecule has 0 aromatic heterocycles. The molecule has 0 atom stereocenters. The first-order chi connectivity index (χ1) is 5.83. The molecule has 1 aliphatic carbocycles. The molecule has 0 unspecified atom stereocenters. The Labute approximate surface area is 75.7 Å². The van der Waals surface area contributed by atoms with E-state index < -0.39 is 0 Å². The Bertz CT molecular complexity index is 198. The molecule has 0 aromatic carbocycles. The largest absolute Gasteiger partial charge is 0.0988 e. The summed E-state index contributed by atoms with van der Waals surface area (Å²) in [5.41, 5.74) is 2.87. The van der Waals surface area contributed by atoms with Gasteiger partial charge in [-0.1, -0.05) is 42.4 Å². The molecular weight excluding hydrogens is 144 g/mol. The van der Waals surface area contributed by atoms with Gasteiger partial charge in [-0.25, -0.2) is 0 Å². The lowest BCUT2D eigenvalue weighted by Gasteiger charge is -2.12. The SMILES string of the molecule is C=CC(C)=CC=C1CCCCC1. The molecule has 0 saturated heterocycles. The lowest BCUT2D eigenvalue weighted by molar-refractivity contribution is 0.599. The van der Waals surface area contributed by atoms with Crippen LogP contribution in [0, 0.1) is 0 Å². The lowest BCUT2D eigenvalue weighted by Crippen LogP contribution is -1.92. The average molecular weight is 162 g/mol. The van der Waals surface area contributed by atoms with Crippen molar-refractivity contribution in [3.8, 4) is 0 Å². The van der Waals surface area contributed by atoms with Crippen LogP contribution in [0.3, 0.4) is 0 Å². The van der Waals surface area contributed by atoms with E-state index in [9.17, 15) is 0 Å². The van der Waals surface area contributed by atoms with Crippen molar-refractivity contribution in [1.29, 1.82) is 0 Å². The van der Waals surface area contributed by atoms with Crippen LogP contribution in [0.5, 0.6) is 0 Å². The molecule has 0 spiro atoms. The van der Waals surface area contributed by atoms with Crippen LogP contribution >= 0.6 is 0 Å². The second-order valence-electron chi connectivity index (χ2n) is 3.50. The molecule has 0 heterocycles. The van der Waals surface area contributed by atoms with Gasteiger partial charge in [0, 0.05) is 0 Å². The van der Waals surface area contributed by atoms with E-state index in [-0.39, 0.29) is 0 Å². The Morgan fingerprint density at radius 1 is 1.25 bits per heavy atom. The normalized spacial score (nSPS) is 19.1. The van der Waals surface area contributed by atoms with E-state index in [0.29, 0.717) is 0 Å². The maximum absolute atomic E-state index is 3.73. The summed E-state index contributed by atoms with van der Waals surface area (Å²) in [7, 11) is 0. The zero-order valence-electron chi connectivity index (χ0n) is 7.97. The molecule has 1 rings (SSSR count). The van der Waals surface area contributed by atoms with Crippen LogP contribution in [-0.4, -0.2) is 0 Å². The second kappa shape index (κ2) is 4.97. The lowest BCUT2D eigenvalue weighted by atomic mass is 9.94. The second-order valence-corrected chi connectivity index (χ2v) is 3.50. The van der Waals surface area contributed by atoms with Crippen LogP contribution in [0.1, 0.15) is 39.0 Å². The van der Waals surface area contributed by atoms with Crippen molar-refractivity contribution in [2.75, 3.05) is 0 Å². The fraction of sp³-hybridized carbons (Fsp3) is 0.500. The molecule has 12 heavy (non-hydrogen) atoms. The van der Waals surface area contributed by atoms with E-state index in [1.54, 1.807) is 5.57 Å². The molecule has 0 bridgehead atoms. The molecule has 1 fully saturated rings. The first kappa shape index (κ1) is 9.31. The van der Waals surface area contributed by atoms with Crippen molar-refractivity contribution in [2.24, 2.45) is 0 Å². The fourth-order valence-corrected chi connectivity index (χ4v) is 1.49. The van der Waals surface area contributed by atoms with Crippen LogP contribution in [0.4, 0.5) is 0 Å².